The van der Waals surface area contributed by atoms with Gasteiger partial charge in [0.2, 0.25) is 11.8 Å². The Kier molecular flexibility index (Phi) is 7.06. The van der Waals surface area contributed by atoms with E-state index in [1.54, 1.807) is 16.1 Å². The summed E-state index contributed by atoms with van der Waals surface area (Å²) in [5, 5.41) is 0. The number of nitrogens with zero attached hydrogens (tertiary/aromatic N) is 3. The summed E-state index contributed by atoms with van der Waals surface area (Å²) in [4.78, 5) is 28.8. The first-order valence-electron chi connectivity index (χ1n) is 9.12. The SMILES string of the molecule is CCCC(=O)N(CC(=O)N(Cc1ccco1)Cc1cccn1C)C(C)C. The lowest BCUT2D eigenvalue weighted by Gasteiger charge is -2.30. The van der Waals surface area contributed by atoms with Crippen LogP contribution >= 0.6 is 0 Å². The molecule has 0 unspecified atom stereocenters. The zero-order chi connectivity index (χ0) is 19.1. The molecule has 0 spiro atoms. The van der Waals surface area contributed by atoms with E-state index in [4.69, 9.17) is 4.42 Å². The van der Waals surface area contributed by atoms with Gasteiger partial charge in [-0.15, -0.1) is 0 Å². The predicted molar refractivity (Wildman–Crippen MR) is 100 cm³/mol. The zero-order valence-electron chi connectivity index (χ0n) is 16.1. The van der Waals surface area contributed by atoms with E-state index in [1.165, 1.54) is 0 Å². The van der Waals surface area contributed by atoms with E-state index in [9.17, 15) is 9.59 Å². The van der Waals surface area contributed by atoms with Crippen LogP contribution in [0.2, 0.25) is 0 Å². The van der Waals surface area contributed by atoms with Crippen LogP contribution in [0.4, 0.5) is 0 Å². The van der Waals surface area contributed by atoms with Crippen LogP contribution < -0.4 is 0 Å². The summed E-state index contributed by atoms with van der Waals surface area (Å²) in [5.74, 6) is 0.664. The molecule has 2 aromatic rings. The van der Waals surface area contributed by atoms with Crippen molar-refractivity contribution in [3.8, 4) is 0 Å². The molecule has 0 aliphatic heterocycles. The van der Waals surface area contributed by atoms with Crippen molar-refractivity contribution in [2.75, 3.05) is 6.54 Å². The number of aryl methyl sites for hydroxylation is 1. The van der Waals surface area contributed by atoms with E-state index < -0.39 is 0 Å². The van der Waals surface area contributed by atoms with Gasteiger partial charge in [-0.25, -0.2) is 0 Å². The summed E-state index contributed by atoms with van der Waals surface area (Å²) in [6.45, 7) is 6.78. The van der Waals surface area contributed by atoms with E-state index >= 15 is 0 Å². The normalized spacial score (nSPS) is 11.0. The smallest absolute Gasteiger partial charge is 0.242 e. The highest BCUT2D eigenvalue weighted by molar-refractivity contribution is 5.85. The van der Waals surface area contributed by atoms with Crippen LogP contribution in [-0.4, -0.2) is 38.8 Å². The molecule has 6 nitrogen and oxygen atoms in total. The summed E-state index contributed by atoms with van der Waals surface area (Å²) in [5.41, 5.74) is 1.03. The standard InChI is InChI=1S/C20H29N3O3/c1-5-8-19(24)23(16(2)3)15-20(25)22(14-18-10-7-12-26-18)13-17-9-6-11-21(17)4/h6-7,9-12,16H,5,8,13-15H2,1-4H3. The number of hydrogen-bond donors (Lipinski definition) is 0. The minimum atomic E-state index is -0.0826. The third-order valence-corrected chi connectivity index (χ3v) is 4.40. The van der Waals surface area contributed by atoms with Crippen molar-refractivity contribution in [1.29, 1.82) is 0 Å². The molecule has 2 rings (SSSR count). The van der Waals surface area contributed by atoms with Gasteiger partial charge in [-0.3, -0.25) is 9.59 Å². The van der Waals surface area contributed by atoms with Crippen LogP contribution in [0.3, 0.4) is 0 Å². The van der Waals surface area contributed by atoms with Gasteiger partial charge >= 0.3 is 0 Å². The Morgan fingerprint density at radius 3 is 2.46 bits per heavy atom. The fourth-order valence-electron chi connectivity index (χ4n) is 2.84. The van der Waals surface area contributed by atoms with Crippen molar-refractivity contribution >= 4 is 11.8 Å². The van der Waals surface area contributed by atoms with Crippen molar-refractivity contribution < 1.29 is 14.0 Å². The molecule has 26 heavy (non-hydrogen) atoms. The van der Waals surface area contributed by atoms with Gasteiger partial charge in [-0.2, -0.15) is 0 Å². The van der Waals surface area contributed by atoms with Gasteiger partial charge in [0.05, 0.1) is 19.4 Å². The highest BCUT2D eigenvalue weighted by Gasteiger charge is 2.24. The van der Waals surface area contributed by atoms with Gasteiger partial charge in [-0.05, 0) is 44.5 Å². The molecule has 0 aromatic carbocycles. The van der Waals surface area contributed by atoms with Crippen molar-refractivity contribution in [3.63, 3.8) is 0 Å². The molecule has 2 heterocycles. The summed E-state index contributed by atoms with van der Waals surface area (Å²) >= 11 is 0. The summed E-state index contributed by atoms with van der Waals surface area (Å²) in [7, 11) is 1.95. The zero-order valence-corrected chi connectivity index (χ0v) is 16.1. The van der Waals surface area contributed by atoms with E-state index in [-0.39, 0.29) is 24.4 Å². The van der Waals surface area contributed by atoms with Crippen molar-refractivity contribution in [2.45, 2.75) is 52.7 Å². The molecule has 0 atom stereocenters. The summed E-state index contributed by atoms with van der Waals surface area (Å²) in [6, 6.07) is 7.60. The van der Waals surface area contributed by atoms with Gasteiger partial charge in [0, 0.05) is 31.4 Å². The Morgan fingerprint density at radius 1 is 1.15 bits per heavy atom. The van der Waals surface area contributed by atoms with Gasteiger partial charge in [0.25, 0.3) is 0 Å². The minimum Gasteiger partial charge on any atom is -0.467 e. The van der Waals surface area contributed by atoms with Crippen LogP contribution in [0.15, 0.2) is 41.1 Å². The van der Waals surface area contributed by atoms with Crippen molar-refractivity contribution in [3.05, 3.63) is 48.2 Å². The van der Waals surface area contributed by atoms with E-state index in [0.29, 0.717) is 19.5 Å². The third kappa shape index (κ3) is 5.25. The predicted octanol–water partition coefficient (Wildman–Crippen LogP) is 3.18. The fraction of sp³-hybridized carbons (Fsp3) is 0.500. The summed E-state index contributed by atoms with van der Waals surface area (Å²) < 4.78 is 7.41. The highest BCUT2D eigenvalue weighted by atomic mass is 16.3. The molecule has 0 fully saturated rings. The first-order chi connectivity index (χ1) is 12.4. The van der Waals surface area contributed by atoms with Crippen molar-refractivity contribution in [2.24, 2.45) is 7.05 Å². The lowest BCUT2D eigenvalue weighted by atomic mass is 10.2. The number of furan rings is 1. The first-order valence-corrected chi connectivity index (χ1v) is 9.12. The van der Waals surface area contributed by atoms with Crippen LogP contribution in [0.1, 0.15) is 45.1 Å². The van der Waals surface area contributed by atoms with E-state index in [0.717, 1.165) is 17.9 Å². The number of carbonyl (C=O) groups excluding carboxylic acids is 2. The monoisotopic (exact) mass is 359 g/mol. The maximum atomic E-state index is 13.0. The maximum absolute atomic E-state index is 13.0. The molecule has 0 saturated heterocycles. The second-order valence-electron chi connectivity index (χ2n) is 6.80. The molecule has 0 aliphatic rings. The highest BCUT2D eigenvalue weighted by Crippen LogP contribution is 2.13. The number of amides is 2. The van der Waals surface area contributed by atoms with Gasteiger partial charge in [0.1, 0.15) is 12.3 Å². The quantitative estimate of drug-likeness (QED) is 0.691. The van der Waals surface area contributed by atoms with E-state index in [1.807, 2.05) is 62.8 Å². The molecule has 0 N–H and O–H groups in total. The average molecular weight is 359 g/mol. The average Bonchev–Trinajstić information content (AvgIpc) is 3.24. The Balaban J connectivity index is 2.15. The van der Waals surface area contributed by atoms with Gasteiger partial charge in [0.15, 0.2) is 0 Å². The Bertz CT molecular complexity index is 704. The van der Waals surface area contributed by atoms with Crippen LogP contribution in [0, 0.1) is 0 Å². The maximum Gasteiger partial charge on any atom is 0.242 e. The molecule has 2 amide bonds. The molecule has 6 heteroatoms. The lowest BCUT2D eigenvalue weighted by molar-refractivity contribution is -0.142. The minimum absolute atomic E-state index is 0.0153. The largest absolute Gasteiger partial charge is 0.467 e. The molecule has 0 aliphatic carbocycles. The topological polar surface area (TPSA) is 58.7 Å². The first kappa shape index (κ1) is 19.8. The van der Waals surface area contributed by atoms with Crippen LogP contribution in [-0.2, 0) is 29.7 Å². The molecule has 0 radical (unpaired) electrons. The van der Waals surface area contributed by atoms with E-state index in [2.05, 4.69) is 0 Å². The molecular weight excluding hydrogens is 330 g/mol. The molecular formula is C20H29N3O3. The van der Waals surface area contributed by atoms with Gasteiger partial charge in [-0.1, -0.05) is 6.92 Å². The summed E-state index contributed by atoms with van der Waals surface area (Å²) in [6.07, 6.45) is 4.79. The fourth-order valence-corrected chi connectivity index (χ4v) is 2.84. The second-order valence-corrected chi connectivity index (χ2v) is 6.80. The number of carbonyl (C=O) groups is 2. The molecule has 2 aromatic heterocycles. The Labute approximate surface area is 155 Å². The molecule has 0 saturated carbocycles. The lowest BCUT2D eigenvalue weighted by Crippen LogP contribution is -2.45. The number of aromatic nitrogens is 1. The second kappa shape index (κ2) is 9.27. The third-order valence-electron chi connectivity index (χ3n) is 4.40. The number of rotatable bonds is 9. The van der Waals surface area contributed by atoms with Crippen LogP contribution in [0.25, 0.3) is 0 Å². The Morgan fingerprint density at radius 2 is 1.92 bits per heavy atom. The Hall–Kier alpha value is -2.50. The molecule has 142 valence electrons. The van der Waals surface area contributed by atoms with Crippen molar-refractivity contribution in [1.82, 2.24) is 14.4 Å². The number of hydrogen-bond acceptors (Lipinski definition) is 3. The van der Waals surface area contributed by atoms with Crippen LogP contribution in [0.5, 0.6) is 0 Å². The molecule has 0 bridgehead atoms. The van der Waals surface area contributed by atoms with Gasteiger partial charge < -0.3 is 18.8 Å².